The van der Waals surface area contributed by atoms with E-state index in [1.807, 2.05) is 19.1 Å². The van der Waals surface area contributed by atoms with Crippen molar-refractivity contribution in [3.05, 3.63) is 65.2 Å². The Bertz CT molecular complexity index is 836. The van der Waals surface area contributed by atoms with E-state index in [-0.39, 0.29) is 5.56 Å². The number of nitrogens with two attached hydrogens (primary N) is 1. The fourth-order valence-electron chi connectivity index (χ4n) is 2.45. The molecule has 3 nitrogen and oxygen atoms in total. The SMILES string of the molecule is CCc1oc2ccccc2c1C(=O)c1cc(N)ccc1F. The van der Waals surface area contributed by atoms with Gasteiger partial charge < -0.3 is 10.2 Å². The van der Waals surface area contributed by atoms with Gasteiger partial charge in [0.15, 0.2) is 5.78 Å². The number of nitrogen functional groups attached to an aromatic ring is 1. The molecule has 0 bridgehead atoms. The number of benzene rings is 2. The molecule has 0 radical (unpaired) electrons. The molecule has 1 heterocycles. The standard InChI is InChI=1S/C17H14FNO2/c1-2-14-16(11-5-3-4-6-15(11)21-14)17(20)12-9-10(19)7-8-13(12)18/h3-9H,2,19H2,1H3. The minimum Gasteiger partial charge on any atom is -0.460 e. The third kappa shape index (κ3) is 2.18. The van der Waals surface area contributed by atoms with Crippen molar-refractivity contribution in [1.82, 2.24) is 0 Å². The number of hydrogen-bond donors (Lipinski definition) is 1. The molecule has 0 aliphatic rings. The van der Waals surface area contributed by atoms with Gasteiger partial charge in [0, 0.05) is 17.5 Å². The summed E-state index contributed by atoms with van der Waals surface area (Å²) in [7, 11) is 0. The minimum atomic E-state index is -0.582. The lowest BCUT2D eigenvalue weighted by molar-refractivity contribution is 0.103. The van der Waals surface area contributed by atoms with E-state index in [1.165, 1.54) is 18.2 Å². The third-order valence-corrected chi connectivity index (χ3v) is 3.45. The van der Waals surface area contributed by atoms with Crippen LogP contribution in [0.4, 0.5) is 10.1 Å². The maximum Gasteiger partial charge on any atom is 0.200 e. The average Bonchev–Trinajstić information content (AvgIpc) is 2.87. The first kappa shape index (κ1) is 13.4. The van der Waals surface area contributed by atoms with Gasteiger partial charge in [0.25, 0.3) is 0 Å². The Labute approximate surface area is 121 Å². The Kier molecular flexibility index (Phi) is 3.22. The quantitative estimate of drug-likeness (QED) is 0.585. The van der Waals surface area contributed by atoms with Crippen LogP contribution in [0.5, 0.6) is 0 Å². The fraction of sp³-hybridized carbons (Fsp3) is 0.118. The molecule has 0 unspecified atom stereocenters. The summed E-state index contributed by atoms with van der Waals surface area (Å²) in [6.45, 7) is 1.89. The van der Waals surface area contributed by atoms with Gasteiger partial charge in [0.2, 0.25) is 0 Å². The molecule has 4 heteroatoms. The van der Waals surface area contributed by atoms with Gasteiger partial charge in [-0.15, -0.1) is 0 Å². The lowest BCUT2D eigenvalue weighted by atomic mass is 9.98. The largest absolute Gasteiger partial charge is 0.460 e. The van der Waals surface area contributed by atoms with Crippen LogP contribution in [0.2, 0.25) is 0 Å². The third-order valence-electron chi connectivity index (χ3n) is 3.45. The van der Waals surface area contributed by atoms with E-state index < -0.39 is 11.6 Å². The predicted octanol–water partition coefficient (Wildman–Crippen LogP) is 3.95. The number of para-hydroxylation sites is 1. The number of halogens is 1. The van der Waals surface area contributed by atoms with Crippen LogP contribution < -0.4 is 5.73 Å². The highest BCUT2D eigenvalue weighted by atomic mass is 19.1. The highest BCUT2D eigenvalue weighted by Crippen LogP contribution is 2.29. The zero-order valence-corrected chi connectivity index (χ0v) is 11.5. The van der Waals surface area contributed by atoms with Crippen molar-refractivity contribution in [3.63, 3.8) is 0 Å². The molecule has 0 aliphatic carbocycles. The highest BCUT2D eigenvalue weighted by Gasteiger charge is 2.23. The van der Waals surface area contributed by atoms with Gasteiger partial charge in [0.1, 0.15) is 17.2 Å². The number of carbonyl (C=O) groups excluding carboxylic acids is 1. The summed E-state index contributed by atoms with van der Waals surface area (Å²) >= 11 is 0. The summed E-state index contributed by atoms with van der Waals surface area (Å²) < 4.78 is 19.6. The van der Waals surface area contributed by atoms with Gasteiger partial charge in [0.05, 0.1) is 11.1 Å². The molecule has 3 aromatic rings. The molecular formula is C17H14FNO2. The first-order valence-corrected chi connectivity index (χ1v) is 6.72. The zero-order valence-electron chi connectivity index (χ0n) is 11.5. The van der Waals surface area contributed by atoms with Crippen LogP contribution in [0.25, 0.3) is 11.0 Å². The van der Waals surface area contributed by atoms with E-state index in [0.29, 0.717) is 34.4 Å². The monoisotopic (exact) mass is 283 g/mol. The van der Waals surface area contributed by atoms with Crippen LogP contribution in [0, 0.1) is 5.82 Å². The van der Waals surface area contributed by atoms with Crippen molar-refractivity contribution in [3.8, 4) is 0 Å². The molecule has 0 aliphatic heterocycles. The number of hydrogen-bond acceptors (Lipinski definition) is 3. The van der Waals surface area contributed by atoms with Crippen LogP contribution in [0.3, 0.4) is 0 Å². The molecule has 0 amide bonds. The topological polar surface area (TPSA) is 56.2 Å². The summed E-state index contributed by atoms with van der Waals surface area (Å²) in [5, 5.41) is 0.696. The summed E-state index contributed by atoms with van der Waals surface area (Å²) in [5.74, 6) is -0.425. The highest BCUT2D eigenvalue weighted by molar-refractivity contribution is 6.17. The molecule has 0 saturated heterocycles. The number of fused-ring (bicyclic) bond motifs is 1. The van der Waals surface area contributed by atoms with E-state index in [4.69, 9.17) is 10.2 Å². The van der Waals surface area contributed by atoms with Crippen LogP contribution in [-0.2, 0) is 6.42 Å². The predicted molar refractivity (Wildman–Crippen MR) is 79.8 cm³/mol. The number of furan rings is 1. The Hall–Kier alpha value is -2.62. The second-order valence-corrected chi connectivity index (χ2v) is 4.82. The van der Waals surface area contributed by atoms with Crippen LogP contribution in [-0.4, -0.2) is 5.78 Å². The van der Waals surface area contributed by atoms with Gasteiger partial charge in [-0.1, -0.05) is 25.1 Å². The molecule has 0 atom stereocenters. The van der Waals surface area contributed by atoms with E-state index in [0.717, 1.165) is 0 Å². The first-order chi connectivity index (χ1) is 10.1. The Morgan fingerprint density at radius 2 is 2.00 bits per heavy atom. The van der Waals surface area contributed by atoms with E-state index in [1.54, 1.807) is 12.1 Å². The van der Waals surface area contributed by atoms with Crippen molar-refractivity contribution < 1.29 is 13.6 Å². The van der Waals surface area contributed by atoms with E-state index in [9.17, 15) is 9.18 Å². The second-order valence-electron chi connectivity index (χ2n) is 4.82. The summed E-state index contributed by atoms with van der Waals surface area (Å²) in [4.78, 5) is 12.7. The molecule has 2 aromatic carbocycles. The Morgan fingerprint density at radius 3 is 2.76 bits per heavy atom. The Balaban J connectivity index is 2.24. The number of aryl methyl sites for hydroxylation is 1. The van der Waals surface area contributed by atoms with Crippen molar-refractivity contribution in [1.29, 1.82) is 0 Å². The molecular weight excluding hydrogens is 269 g/mol. The normalized spacial score (nSPS) is 11.0. The van der Waals surface area contributed by atoms with Crippen LogP contribution in [0.1, 0.15) is 28.6 Å². The molecule has 21 heavy (non-hydrogen) atoms. The van der Waals surface area contributed by atoms with E-state index in [2.05, 4.69) is 0 Å². The number of rotatable bonds is 3. The maximum atomic E-state index is 13.9. The van der Waals surface area contributed by atoms with Gasteiger partial charge in [-0.2, -0.15) is 0 Å². The maximum absolute atomic E-state index is 13.9. The summed E-state index contributed by atoms with van der Waals surface area (Å²) in [5.41, 5.74) is 7.02. The van der Waals surface area contributed by atoms with Gasteiger partial charge in [-0.05, 0) is 24.3 Å². The lowest BCUT2D eigenvalue weighted by Gasteiger charge is -2.04. The summed E-state index contributed by atoms with van der Waals surface area (Å²) in [6, 6.07) is 11.2. The van der Waals surface area contributed by atoms with Gasteiger partial charge in [-0.25, -0.2) is 4.39 Å². The van der Waals surface area contributed by atoms with Crippen molar-refractivity contribution >= 4 is 22.4 Å². The smallest absolute Gasteiger partial charge is 0.200 e. The van der Waals surface area contributed by atoms with E-state index >= 15 is 0 Å². The van der Waals surface area contributed by atoms with Crippen LogP contribution in [0.15, 0.2) is 46.9 Å². The average molecular weight is 283 g/mol. The molecule has 1 aromatic heterocycles. The molecule has 2 N–H and O–H groups in total. The van der Waals surface area contributed by atoms with Crippen molar-refractivity contribution in [2.75, 3.05) is 5.73 Å². The molecule has 0 saturated carbocycles. The second kappa shape index (κ2) is 5.05. The number of carbonyl (C=O) groups is 1. The minimum absolute atomic E-state index is 0.0312. The number of ketones is 1. The van der Waals surface area contributed by atoms with Crippen LogP contribution >= 0.6 is 0 Å². The van der Waals surface area contributed by atoms with Crippen molar-refractivity contribution in [2.45, 2.75) is 13.3 Å². The molecule has 3 rings (SSSR count). The van der Waals surface area contributed by atoms with Gasteiger partial charge >= 0.3 is 0 Å². The van der Waals surface area contributed by atoms with Gasteiger partial charge in [-0.3, -0.25) is 4.79 Å². The zero-order chi connectivity index (χ0) is 15.0. The molecule has 0 spiro atoms. The lowest BCUT2D eigenvalue weighted by Crippen LogP contribution is -2.07. The fourth-order valence-corrected chi connectivity index (χ4v) is 2.45. The number of anilines is 1. The summed E-state index contributed by atoms with van der Waals surface area (Å²) in [6.07, 6.45) is 0.555. The molecule has 0 fully saturated rings. The first-order valence-electron chi connectivity index (χ1n) is 6.72. The van der Waals surface area contributed by atoms with Crippen molar-refractivity contribution in [2.24, 2.45) is 0 Å². The Morgan fingerprint density at radius 1 is 1.24 bits per heavy atom. The molecule has 106 valence electrons.